The van der Waals surface area contributed by atoms with Crippen molar-refractivity contribution in [1.82, 2.24) is 19.2 Å². The topological polar surface area (TPSA) is 45.2 Å². The molecule has 0 spiro atoms. The van der Waals surface area contributed by atoms with E-state index in [1.807, 2.05) is 42.5 Å². The normalized spacial score (nSPS) is 15.5. The van der Waals surface area contributed by atoms with Crippen LogP contribution in [0.15, 0.2) is 48.7 Å². The molecule has 0 amide bonds. The minimum Gasteiger partial charge on any atom is -0.344 e. The third kappa shape index (κ3) is 3.98. The van der Waals surface area contributed by atoms with Crippen LogP contribution in [0.4, 0.5) is 5.13 Å². The van der Waals surface area contributed by atoms with Crippen LogP contribution in [0.2, 0.25) is 5.02 Å². The van der Waals surface area contributed by atoms with E-state index in [-0.39, 0.29) is 0 Å². The molecule has 4 rings (SSSR count). The summed E-state index contributed by atoms with van der Waals surface area (Å²) in [6.45, 7) is 4.75. The molecule has 0 radical (unpaired) electrons. The molecular weight excluding hydrogens is 354 g/mol. The van der Waals surface area contributed by atoms with E-state index in [0.29, 0.717) is 5.02 Å². The Bertz CT molecular complexity index is 813. The second-order valence-corrected chi connectivity index (χ2v) is 7.16. The van der Waals surface area contributed by atoms with Gasteiger partial charge in [0.1, 0.15) is 0 Å². The average Bonchev–Trinajstić information content (AvgIpc) is 3.15. The fourth-order valence-electron chi connectivity index (χ4n) is 2.87. The standard InChI is InChI=1S/C18H18ClN5S/c19-15-6-7-16(20-12-15)13-23-8-10-24(11-9-23)18-21-17(22-25-18)14-4-2-1-3-5-14/h1-7,12H,8-11,13H2. The highest BCUT2D eigenvalue weighted by atomic mass is 35.5. The smallest absolute Gasteiger partial charge is 0.205 e. The highest BCUT2D eigenvalue weighted by Crippen LogP contribution is 2.24. The maximum atomic E-state index is 5.89. The Balaban J connectivity index is 1.36. The molecule has 3 heterocycles. The van der Waals surface area contributed by atoms with E-state index < -0.39 is 0 Å². The van der Waals surface area contributed by atoms with Crippen molar-refractivity contribution in [2.75, 3.05) is 31.1 Å². The summed E-state index contributed by atoms with van der Waals surface area (Å²) in [5.74, 6) is 0.813. The Morgan fingerprint density at radius 2 is 1.80 bits per heavy atom. The number of rotatable bonds is 4. The minimum atomic E-state index is 0.680. The van der Waals surface area contributed by atoms with Gasteiger partial charge in [-0.1, -0.05) is 41.9 Å². The predicted molar refractivity (Wildman–Crippen MR) is 102 cm³/mol. The quantitative estimate of drug-likeness (QED) is 0.701. The first-order chi connectivity index (χ1) is 12.3. The van der Waals surface area contributed by atoms with E-state index >= 15 is 0 Å². The molecule has 1 aromatic carbocycles. The lowest BCUT2D eigenvalue weighted by molar-refractivity contribution is 0.247. The molecule has 1 aliphatic rings. The van der Waals surface area contributed by atoms with Crippen LogP contribution in [-0.2, 0) is 6.54 Å². The summed E-state index contributed by atoms with van der Waals surface area (Å²) < 4.78 is 4.51. The first-order valence-electron chi connectivity index (χ1n) is 8.25. The van der Waals surface area contributed by atoms with Gasteiger partial charge in [0.25, 0.3) is 0 Å². The number of anilines is 1. The van der Waals surface area contributed by atoms with Crippen molar-refractivity contribution in [3.05, 3.63) is 59.4 Å². The minimum absolute atomic E-state index is 0.680. The van der Waals surface area contributed by atoms with Crippen LogP contribution in [0.5, 0.6) is 0 Å². The second kappa shape index (κ2) is 7.47. The molecule has 2 aromatic heterocycles. The molecule has 0 atom stereocenters. The average molecular weight is 372 g/mol. The van der Waals surface area contributed by atoms with Crippen molar-refractivity contribution in [1.29, 1.82) is 0 Å². The molecule has 0 N–H and O–H groups in total. The van der Waals surface area contributed by atoms with Gasteiger partial charge < -0.3 is 4.90 Å². The third-order valence-corrected chi connectivity index (χ3v) is 5.26. The van der Waals surface area contributed by atoms with Crippen LogP contribution in [0.3, 0.4) is 0 Å². The van der Waals surface area contributed by atoms with Gasteiger partial charge in [-0.15, -0.1) is 0 Å². The first kappa shape index (κ1) is 16.4. The van der Waals surface area contributed by atoms with Gasteiger partial charge in [0.05, 0.1) is 10.7 Å². The zero-order valence-corrected chi connectivity index (χ0v) is 15.2. The van der Waals surface area contributed by atoms with E-state index in [0.717, 1.165) is 54.9 Å². The first-order valence-corrected chi connectivity index (χ1v) is 9.40. The van der Waals surface area contributed by atoms with Crippen molar-refractivity contribution < 1.29 is 0 Å². The zero-order chi connectivity index (χ0) is 17.1. The van der Waals surface area contributed by atoms with E-state index in [9.17, 15) is 0 Å². The summed E-state index contributed by atoms with van der Waals surface area (Å²) in [6, 6.07) is 14.0. The molecule has 7 heteroatoms. The van der Waals surface area contributed by atoms with E-state index in [1.54, 1.807) is 6.20 Å². The number of hydrogen-bond acceptors (Lipinski definition) is 6. The van der Waals surface area contributed by atoms with E-state index in [1.165, 1.54) is 11.5 Å². The lowest BCUT2D eigenvalue weighted by atomic mass is 10.2. The van der Waals surface area contributed by atoms with Crippen molar-refractivity contribution in [2.45, 2.75) is 6.54 Å². The van der Waals surface area contributed by atoms with Crippen LogP contribution in [0.1, 0.15) is 5.69 Å². The fraction of sp³-hybridized carbons (Fsp3) is 0.278. The van der Waals surface area contributed by atoms with Gasteiger partial charge in [0, 0.05) is 56.0 Å². The van der Waals surface area contributed by atoms with Gasteiger partial charge >= 0.3 is 0 Å². The Kier molecular flexibility index (Phi) is 4.92. The lowest BCUT2D eigenvalue weighted by Crippen LogP contribution is -2.46. The van der Waals surface area contributed by atoms with Crippen LogP contribution in [0, 0.1) is 0 Å². The summed E-state index contributed by atoms with van der Waals surface area (Å²) in [5, 5.41) is 1.68. The maximum absolute atomic E-state index is 5.89. The van der Waals surface area contributed by atoms with Crippen LogP contribution in [-0.4, -0.2) is 45.4 Å². The van der Waals surface area contributed by atoms with Gasteiger partial charge in [0.15, 0.2) is 5.82 Å². The molecule has 5 nitrogen and oxygen atoms in total. The molecule has 3 aromatic rings. The lowest BCUT2D eigenvalue weighted by Gasteiger charge is -2.34. The summed E-state index contributed by atoms with van der Waals surface area (Å²) in [5.41, 5.74) is 2.12. The predicted octanol–water partition coefficient (Wildman–Crippen LogP) is 3.58. The number of benzene rings is 1. The molecule has 128 valence electrons. The van der Waals surface area contributed by atoms with Gasteiger partial charge in [-0.05, 0) is 12.1 Å². The molecular formula is C18H18ClN5S. The molecule has 1 aliphatic heterocycles. The molecule has 0 aliphatic carbocycles. The molecule has 0 saturated carbocycles. The Labute approximate surface area is 156 Å². The van der Waals surface area contributed by atoms with Crippen molar-refractivity contribution in [3.8, 4) is 11.4 Å². The summed E-state index contributed by atoms with van der Waals surface area (Å²) in [7, 11) is 0. The third-order valence-electron chi connectivity index (χ3n) is 4.26. The molecule has 25 heavy (non-hydrogen) atoms. The molecule has 1 fully saturated rings. The van der Waals surface area contributed by atoms with Crippen LogP contribution >= 0.6 is 23.1 Å². The number of nitrogens with zero attached hydrogens (tertiary/aromatic N) is 5. The fourth-order valence-corrected chi connectivity index (χ4v) is 3.73. The summed E-state index contributed by atoms with van der Waals surface area (Å²) in [6.07, 6.45) is 1.71. The highest BCUT2D eigenvalue weighted by molar-refractivity contribution is 7.09. The zero-order valence-electron chi connectivity index (χ0n) is 13.7. The van der Waals surface area contributed by atoms with E-state index in [4.69, 9.17) is 16.6 Å². The SMILES string of the molecule is Clc1ccc(CN2CCN(c3nc(-c4ccccc4)ns3)CC2)nc1. The number of pyridine rings is 1. The van der Waals surface area contributed by atoms with Gasteiger partial charge in [0.2, 0.25) is 5.13 Å². The highest BCUT2D eigenvalue weighted by Gasteiger charge is 2.20. The molecule has 0 bridgehead atoms. The Hall–Kier alpha value is -2.02. The maximum Gasteiger partial charge on any atom is 0.205 e. The number of piperazine rings is 1. The number of aromatic nitrogens is 3. The van der Waals surface area contributed by atoms with Gasteiger partial charge in [-0.25, -0.2) is 0 Å². The van der Waals surface area contributed by atoms with Gasteiger partial charge in [-0.3, -0.25) is 9.88 Å². The monoisotopic (exact) mass is 371 g/mol. The number of halogens is 1. The molecule has 0 unspecified atom stereocenters. The van der Waals surface area contributed by atoms with Crippen molar-refractivity contribution in [3.63, 3.8) is 0 Å². The van der Waals surface area contributed by atoms with Crippen LogP contribution < -0.4 is 4.90 Å². The largest absolute Gasteiger partial charge is 0.344 e. The number of hydrogen-bond donors (Lipinski definition) is 0. The van der Waals surface area contributed by atoms with Crippen LogP contribution in [0.25, 0.3) is 11.4 Å². The van der Waals surface area contributed by atoms with E-state index in [2.05, 4.69) is 19.2 Å². The summed E-state index contributed by atoms with van der Waals surface area (Å²) in [4.78, 5) is 13.8. The van der Waals surface area contributed by atoms with Crippen molar-refractivity contribution >= 4 is 28.3 Å². The van der Waals surface area contributed by atoms with Crippen molar-refractivity contribution in [2.24, 2.45) is 0 Å². The van der Waals surface area contributed by atoms with Gasteiger partial charge in [-0.2, -0.15) is 9.36 Å². The Morgan fingerprint density at radius 1 is 1.00 bits per heavy atom. The second-order valence-electron chi connectivity index (χ2n) is 6.00. The Morgan fingerprint density at radius 3 is 2.52 bits per heavy atom. The molecule has 1 saturated heterocycles. The summed E-state index contributed by atoms with van der Waals surface area (Å²) >= 11 is 7.37.